The van der Waals surface area contributed by atoms with E-state index < -0.39 is 0 Å². The van der Waals surface area contributed by atoms with Gasteiger partial charge in [0.05, 0.1) is 11.7 Å². The Hall–Kier alpha value is -3.26. The summed E-state index contributed by atoms with van der Waals surface area (Å²) in [7, 11) is 0. The Balaban J connectivity index is 1.87. The first-order chi connectivity index (χ1) is 11.7. The molecule has 0 radical (unpaired) electrons. The van der Waals surface area contributed by atoms with Gasteiger partial charge in [-0.2, -0.15) is 5.26 Å². The van der Waals surface area contributed by atoms with Crippen molar-refractivity contribution in [2.75, 3.05) is 5.32 Å². The third-order valence-corrected chi connectivity index (χ3v) is 3.71. The van der Waals surface area contributed by atoms with E-state index in [1.54, 1.807) is 12.3 Å². The lowest BCUT2D eigenvalue weighted by molar-refractivity contribution is 0.740. The Morgan fingerprint density at radius 3 is 2.62 bits per heavy atom. The van der Waals surface area contributed by atoms with E-state index in [0.29, 0.717) is 11.5 Å². The lowest BCUT2D eigenvalue weighted by Crippen LogP contribution is -2.16. The molecule has 0 aliphatic rings. The molecule has 3 aromatic rings. The fraction of sp³-hybridized carbons (Fsp3) is 0.158. The van der Waals surface area contributed by atoms with E-state index in [9.17, 15) is 0 Å². The Kier molecular flexibility index (Phi) is 4.78. The lowest BCUT2D eigenvalue weighted by Gasteiger charge is -2.19. The van der Waals surface area contributed by atoms with Crippen LogP contribution in [0.2, 0.25) is 0 Å². The van der Waals surface area contributed by atoms with Gasteiger partial charge in [0.25, 0.3) is 0 Å². The molecule has 0 saturated heterocycles. The highest BCUT2D eigenvalue weighted by Gasteiger charge is 2.14. The number of nitriles is 1. The summed E-state index contributed by atoms with van der Waals surface area (Å²) in [5.74, 6) is 0.615. The van der Waals surface area contributed by atoms with Crippen LogP contribution < -0.4 is 5.32 Å². The van der Waals surface area contributed by atoms with Gasteiger partial charge in [0.1, 0.15) is 23.9 Å². The molecule has 0 aliphatic heterocycles. The zero-order valence-corrected chi connectivity index (χ0v) is 13.3. The van der Waals surface area contributed by atoms with E-state index in [0.717, 1.165) is 12.1 Å². The van der Waals surface area contributed by atoms with E-state index in [1.807, 2.05) is 24.3 Å². The second-order valence-electron chi connectivity index (χ2n) is 5.54. The van der Waals surface area contributed by atoms with Crippen LogP contribution in [-0.2, 0) is 6.42 Å². The van der Waals surface area contributed by atoms with Gasteiger partial charge in [0, 0.05) is 12.3 Å². The van der Waals surface area contributed by atoms with Crippen LogP contribution in [0.3, 0.4) is 0 Å². The van der Waals surface area contributed by atoms with E-state index >= 15 is 0 Å². The van der Waals surface area contributed by atoms with Gasteiger partial charge in [-0.15, -0.1) is 0 Å². The van der Waals surface area contributed by atoms with Crippen molar-refractivity contribution in [1.29, 1.82) is 5.26 Å². The third kappa shape index (κ3) is 3.93. The van der Waals surface area contributed by atoms with Crippen molar-refractivity contribution in [3.05, 3.63) is 83.6 Å². The first-order valence-corrected chi connectivity index (χ1v) is 7.70. The lowest BCUT2D eigenvalue weighted by atomic mass is 10.0. The van der Waals surface area contributed by atoms with Crippen LogP contribution in [0, 0.1) is 18.3 Å². The zero-order chi connectivity index (χ0) is 16.8. The van der Waals surface area contributed by atoms with Gasteiger partial charge >= 0.3 is 0 Å². The highest BCUT2D eigenvalue weighted by Crippen LogP contribution is 2.21. The molecular formula is C19H17N5. The average molecular weight is 315 g/mol. The molecule has 5 nitrogen and oxygen atoms in total. The van der Waals surface area contributed by atoms with Gasteiger partial charge < -0.3 is 5.32 Å². The summed E-state index contributed by atoms with van der Waals surface area (Å²) >= 11 is 0. The summed E-state index contributed by atoms with van der Waals surface area (Å²) in [6.45, 7) is 2.07. The van der Waals surface area contributed by atoms with E-state index in [1.165, 1.54) is 17.5 Å². The molecule has 0 aliphatic carbocycles. The number of pyridine rings is 1. The molecule has 1 unspecified atom stereocenters. The Morgan fingerprint density at radius 1 is 1.08 bits per heavy atom. The van der Waals surface area contributed by atoms with Crippen molar-refractivity contribution in [3.8, 4) is 6.07 Å². The highest BCUT2D eigenvalue weighted by atomic mass is 15.0. The molecule has 5 heteroatoms. The maximum atomic E-state index is 8.99. The van der Waals surface area contributed by atoms with Crippen LogP contribution in [-0.4, -0.2) is 15.0 Å². The summed E-state index contributed by atoms with van der Waals surface area (Å²) in [6, 6.07) is 17.9. The molecule has 2 heterocycles. The minimum Gasteiger partial charge on any atom is -0.361 e. The molecule has 0 saturated carbocycles. The van der Waals surface area contributed by atoms with Gasteiger partial charge in [0.2, 0.25) is 0 Å². The highest BCUT2D eigenvalue weighted by molar-refractivity contribution is 5.41. The van der Waals surface area contributed by atoms with Gasteiger partial charge in [-0.25, -0.2) is 9.97 Å². The van der Waals surface area contributed by atoms with Crippen LogP contribution in [0.4, 0.5) is 5.82 Å². The van der Waals surface area contributed by atoms with E-state index in [2.05, 4.69) is 51.5 Å². The topological polar surface area (TPSA) is 74.5 Å². The number of benzene rings is 1. The van der Waals surface area contributed by atoms with Gasteiger partial charge in [-0.1, -0.05) is 35.9 Å². The number of hydrogen-bond acceptors (Lipinski definition) is 5. The van der Waals surface area contributed by atoms with Crippen LogP contribution in [0.1, 0.15) is 28.6 Å². The number of nitrogens with one attached hydrogen (secondary N) is 1. The number of anilines is 1. The minimum absolute atomic E-state index is 0.0460. The Labute approximate surface area is 141 Å². The summed E-state index contributed by atoms with van der Waals surface area (Å²) in [6.07, 6.45) is 3.94. The molecule has 118 valence electrons. The van der Waals surface area contributed by atoms with Crippen molar-refractivity contribution in [2.24, 2.45) is 0 Å². The fourth-order valence-electron chi connectivity index (χ4n) is 2.45. The molecule has 1 aromatic carbocycles. The first kappa shape index (κ1) is 15.6. The first-order valence-electron chi connectivity index (χ1n) is 7.70. The van der Waals surface area contributed by atoms with Gasteiger partial charge in [-0.3, -0.25) is 4.98 Å². The predicted octanol–water partition coefficient (Wildman–Crippen LogP) is 3.45. The maximum absolute atomic E-state index is 8.99. The smallest absolute Gasteiger partial charge is 0.145 e. The molecule has 1 atom stereocenters. The third-order valence-electron chi connectivity index (χ3n) is 3.71. The summed E-state index contributed by atoms with van der Waals surface area (Å²) in [5, 5.41) is 12.4. The normalized spacial score (nSPS) is 11.5. The van der Waals surface area contributed by atoms with Crippen molar-refractivity contribution < 1.29 is 0 Å². The van der Waals surface area contributed by atoms with E-state index in [4.69, 9.17) is 5.26 Å². The number of aryl methyl sites for hydroxylation is 1. The van der Waals surface area contributed by atoms with Crippen LogP contribution >= 0.6 is 0 Å². The molecule has 24 heavy (non-hydrogen) atoms. The van der Waals surface area contributed by atoms with Crippen LogP contribution in [0.5, 0.6) is 0 Å². The second-order valence-corrected chi connectivity index (χ2v) is 5.54. The Bertz CT molecular complexity index is 838. The maximum Gasteiger partial charge on any atom is 0.145 e. The standard InChI is InChI=1S/C19H17N5/c1-14-5-7-15(8-6-14)10-18(17-4-2-3-9-21-17)24-19-11-16(12-20)22-13-23-19/h2-9,11,13,18H,10H2,1H3,(H,22,23,24). The summed E-state index contributed by atoms with van der Waals surface area (Å²) in [4.78, 5) is 12.6. The van der Waals surface area contributed by atoms with Crippen LogP contribution in [0.25, 0.3) is 0 Å². The molecule has 1 N–H and O–H groups in total. The molecular weight excluding hydrogens is 298 g/mol. The zero-order valence-electron chi connectivity index (χ0n) is 13.3. The SMILES string of the molecule is Cc1ccc(CC(Nc2cc(C#N)ncn2)c2ccccn2)cc1. The summed E-state index contributed by atoms with van der Waals surface area (Å²) in [5.41, 5.74) is 3.70. The number of nitrogens with zero attached hydrogens (tertiary/aromatic N) is 4. The van der Waals surface area contributed by atoms with Crippen molar-refractivity contribution in [3.63, 3.8) is 0 Å². The summed E-state index contributed by atoms with van der Waals surface area (Å²) < 4.78 is 0. The number of rotatable bonds is 5. The Morgan fingerprint density at radius 2 is 1.92 bits per heavy atom. The molecule has 0 spiro atoms. The molecule has 0 fully saturated rings. The largest absolute Gasteiger partial charge is 0.361 e. The molecule has 3 rings (SSSR count). The van der Waals surface area contributed by atoms with Crippen molar-refractivity contribution >= 4 is 5.82 Å². The average Bonchev–Trinajstić information content (AvgIpc) is 2.64. The molecule has 0 amide bonds. The van der Waals surface area contributed by atoms with Crippen molar-refractivity contribution in [2.45, 2.75) is 19.4 Å². The molecule has 2 aromatic heterocycles. The minimum atomic E-state index is -0.0460. The van der Waals surface area contributed by atoms with Crippen LogP contribution in [0.15, 0.2) is 61.1 Å². The fourth-order valence-corrected chi connectivity index (χ4v) is 2.45. The quantitative estimate of drug-likeness (QED) is 0.780. The van der Waals surface area contributed by atoms with E-state index in [-0.39, 0.29) is 6.04 Å². The monoisotopic (exact) mass is 315 g/mol. The van der Waals surface area contributed by atoms with Gasteiger partial charge in [-0.05, 0) is 31.0 Å². The van der Waals surface area contributed by atoms with Gasteiger partial charge in [0.15, 0.2) is 0 Å². The second kappa shape index (κ2) is 7.34. The van der Waals surface area contributed by atoms with Crippen molar-refractivity contribution in [1.82, 2.24) is 15.0 Å². The number of aromatic nitrogens is 3. The molecule has 0 bridgehead atoms. The predicted molar refractivity (Wildman–Crippen MR) is 92.2 cm³/mol. The number of hydrogen-bond donors (Lipinski definition) is 1.